The highest BCUT2D eigenvalue weighted by Crippen LogP contribution is 2.26. The third-order valence-corrected chi connectivity index (χ3v) is 4.59. The average Bonchev–Trinajstić information content (AvgIpc) is 3.03. The monoisotopic (exact) mass is 336 g/mol. The van der Waals surface area contributed by atoms with Gasteiger partial charge in [0.2, 0.25) is 0 Å². The predicted octanol–water partition coefficient (Wildman–Crippen LogP) is 3.94. The van der Waals surface area contributed by atoms with Gasteiger partial charge in [-0.1, -0.05) is 24.3 Å². The Kier molecular flexibility index (Phi) is 5.51. The zero-order valence-corrected chi connectivity index (χ0v) is 15.7. The van der Waals surface area contributed by atoms with E-state index in [4.69, 9.17) is 0 Å². The van der Waals surface area contributed by atoms with E-state index < -0.39 is 0 Å². The van der Waals surface area contributed by atoms with E-state index in [9.17, 15) is 0 Å². The van der Waals surface area contributed by atoms with E-state index in [2.05, 4.69) is 83.1 Å². The maximum Gasteiger partial charge on any atom is 0.0960 e. The second kappa shape index (κ2) is 7.81. The molecule has 1 N–H and O–H groups in total. The van der Waals surface area contributed by atoms with Crippen LogP contribution in [0.4, 0.5) is 0 Å². The molecule has 0 fully saturated rings. The molecule has 0 spiro atoms. The predicted molar refractivity (Wildman–Crippen MR) is 106 cm³/mol. The van der Waals surface area contributed by atoms with Crippen LogP contribution in [0, 0.1) is 0 Å². The lowest BCUT2D eigenvalue weighted by Crippen LogP contribution is -2.26. The number of nitrogens with one attached hydrogen (secondary N) is 1. The standard InChI is InChI=1S/C21H28N4/c1-16(2)25-15-23-20-9-8-19(13-21(20)25)18-7-5-6-17(12-18)14-24(4)11-10-22-3/h5-9,12-13,15-16,22H,10-11,14H2,1-4H3. The Hall–Kier alpha value is -2.17. The highest BCUT2D eigenvalue weighted by atomic mass is 15.1. The smallest absolute Gasteiger partial charge is 0.0960 e. The number of hydrogen-bond acceptors (Lipinski definition) is 3. The second-order valence-electron chi connectivity index (χ2n) is 6.99. The lowest BCUT2D eigenvalue weighted by atomic mass is 10.0. The Bertz CT molecular complexity index is 835. The van der Waals surface area contributed by atoms with Crippen molar-refractivity contribution in [2.75, 3.05) is 27.2 Å². The van der Waals surface area contributed by atoms with Crippen molar-refractivity contribution in [1.82, 2.24) is 19.8 Å². The number of likely N-dealkylation sites (N-methyl/N-ethyl adjacent to an activating group) is 2. The molecule has 0 amide bonds. The van der Waals surface area contributed by atoms with Crippen molar-refractivity contribution < 1.29 is 0 Å². The zero-order valence-electron chi connectivity index (χ0n) is 15.7. The van der Waals surface area contributed by atoms with Gasteiger partial charge in [-0.3, -0.25) is 0 Å². The van der Waals surface area contributed by atoms with Gasteiger partial charge in [0.05, 0.1) is 17.4 Å². The summed E-state index contributed by atoms with van der Waals surface area (Å²) in [5, 5.41) is 3.20. The molecule has 0 radical (unpaired) electrons. The Morgan fingerprint density at radius 3 is 2.68 bits per heavy atom. The first kappa shape index (κ1) is 17.6. The van der Waals surface area contributed by atoms with Crippen LogP contribution >= 0.6 is 0 Å². The molecule has 0 bridgehead atoms. The van der Waals surface area contributed by atoms with Crippen molar-refractivity contribution >= 4 is 11.0 Å². The molecule has 25 heavy (non-hydrogen) atoms. The summed E-state index contributed by atoms with van der Waals surface area (Å²) in [6.45, 7) is 7.39. The number of imidazole rings is 1. The van der Waals surface area contributed by atoms with Crippen LogP contribution in [0.1, 0.15) is 25.5 Å². The summed E-state index contributed by atoms with van der Waals surface area (Å²) in [7, 11) is 4.16. The lowest BCUT2D eigenvalue weighted by molar-refractivity contribution is 0.328. The van der Waals surface area contributed by atoms with Crippen LogP contribution in [0.2, 0.25) is 0 Å². The second-order valence-corrected chi connectivity index (χ2v) is 6.99. The highest BCUT2D eigenvalue weighted by Gasteiger charge is 2.08. The SMILES string of the molecule is CNCCN(C)Cc1cccc(-c2ccc3ncn(C(C)C)c3c2)c1. The Morgan fingerprint density at radius 1 is 1.12 bits per heavy atom. The normalized spacial score (nSPS) is 11.8. The molecular weight excluding hydrogens is 308 g/mol. The molecule has 0 aliphatic heterocycles. The summed E-state index contributed by atoms with van der Waals surface area (Å²) < 4.78 is 2.23. The van der Waals surface area contributed by atoms with E-state index in [1.54, 1.807) is 0 Å². The number of rotatable bonds is 7. The Labute approximate surface area is 150 Å². The summed E-state index contributed by atoms with van der Waals surface area (Å²) in [6, 6.07) is 15.8. The van der Waals surface area contributed by atoms with Crippen molar-refractivity contribution in [2.45, 2.75) is 26.4 Å². The van der Waals surface area contributed by atoms with Crippen molar-refractivity contribution in [3.8, 4) is 11.1 Å². The molecule has 3 aromatic rings. The van der Waals surface area contributed by atoms with Gasteiger partial charge in [-0.25, -0.2) is 4.98 Å². The highest BCUT2D eigenvalue weighted by molar-refractivity contribution is 5.82. The maximum atomic E-state index is 4.51. The molecule has 1 aromatic heterocycles. The lowest BCUT2D eigenvalue weighted by Gasteiger charge is -2.17. The maximum absolute atomic E-state index is 4.51. The van der Waals surface area contributed by atoms with Crippen LogP contribution in [0.15, 0.2) is 48.8 Å². The third kappa shape index (κ3) is 4.09. The molecule has 4 nitrogen and oxygen atoms in total. The van der Waals surface area contributed by atoms with Gasteiger partial charge in [-0.15, -0.1) is 0 Å². The Balaban J connectivity index is 1.87. The van der Waals surface area contributed by atoms with Gasteiger partial charge in [0.25, 0.3) is 0 Å². The van der Waals surface area contributed by atoms with Crippen LogP contribution in [-0.4, -0.2) is 41.6 Å². The van der Waals surface area contributed by atoms with E-state index in [0.717, 1.165) is 25.2 Å². The van der Waals surface area contributed by atoms with E-state index in [1.807, 2.05) is 13.4 Å². The van der Waals surface area contributed by atoms with E-state index in [1.165, 1.54) is 22.2 Å². The average molecular weight is 336 g/mol. The number of benzene rings is 2. The molecule has 0 unspecified atom stereocenters. The number of aromatic nitrogens is 2. The number of fused-ring (bicyclic) bond motifs is 1. The van der Waals surface area contributed by atoms with Crippen molar-refractivity contribution in [3.05, 3.63) is 54.4 Å². The van der Waals surface area contributed by atoms with Gasteiger partial charge >= 0.3 is 0 Å². The minimum Gasteiger partial charge on any atom is -0.328 e. The van der Waals surface area contributed by atoms with Gasteiger partial charge in [0.15, 0.2) is 0 Å². The van der Waals surface area contributed by atoms with Gasteiger partial charge in [0.1, 0.15) is 0 Å². The minimum atomic E-state index is 0.410. The molecule has 2 aromatic carbocycles. The van der Waals surface area contributed by atoms with Crippen molar-refractivity contribution in [3.63, 3.8) is 0 Å². The largest absolute Gasteiger partial charge is 0.328 e. The van der Waals surface area contributed by atoms with E-state index in [-0.39, 0.29) is 0 Å². The fourth-order valence-corrected chi connectivity index (χ4v) is 3.16. The molecule has 1 heterocycles. The summed E-state index contributed by atoms with van der Waals surface area (Å²) >= 11 is 0. The topological polar surface area (TPSA) is 33.1 Å². The van der Waals surface area contributed by atoms with Crippen LogP contribution in [-0.2, 0) is 6.54 Å². The fourth-order valence-electron chi connectivity index (χ4n) is 3.16. The molecule has 3 rings (SSSR count). The number of hydrogen-bond donors (Lipinski definition) is 1. The van der Waals surface area contributed by atoms with Gasteiger partial charge in [-0.05, 0) is 62.8 Å². The molecule has 0 saturated carbocycles. The summed E-state index contributed by atoms with van der Waals surface area (Å²) in [5.41, 5.74) is 6.10. The van der Waals surface area contributed by atoms with E-state index in [0.29, 0.717) is 6.04 Å². The van der Waals surface area contributed by atoms with Gasteiger partial charge in [-0.2, -0.15) is 0 Å². The Morgan fingerprint density at radius 2 is 1.92 bits per heavy atom. The molecule has 0 saturated heterocycles. The minimum absolute atomic E-state index is 0.410. The quantitative estimate of drug-likeness (QED) is 0.709. The van der Waals surface area contributed by atoms with Crippen LogP contribution in [0.5, 0.6) is 0 Å². The molecule has 4 heteroatoms. The summed E-state index contributed by atoms with van der Waals surface area (Å²) in [6.07, 6.45) is 1.94. The molecule has 0 aliphatic carbocycles. The third-order valence-electron chi connectivity index (χ3n) is 4.59. The first-order chi connectivity index (χ1) is 12.1. The first-order valence-corrected chi connectivity index (χ1v) is 8.97. The van der Waals surface area contributed by atoms with Gasteiger partial charge < -0.3 is 14.8 Å². The van der Waals surface area contributed by atoms with Crippen LogP contribution in [0.25, 0.3) is 22.2 Å². The van der Waals surface area contributed by atoms with Crippen molar-refractivity contribution in [1.29, 1.82) is 0 Å². The zero-order chi connectivity index (χ0) is 17.8. The fraction of sp³-hybridized carbons (Fsp3) is 0.381. The van der Waals surface area contributed by atoms with Gasteiger partial charge in [0, 0.05) is 25.7 Å². The molecule has 132 valence electrons. The molecular formula is C21H28N4. The first-order valence-electron chi connectivity index (χ1n) is 8.97. The van der Waals surface area contributed by atoms with Crippen molar-refractivity contribution in [2.24, 2.45) is 0 Å². The molecule has 0 aliphatic rings. The van der Waals surface area contributed by atoms with Crippen LogP contribution < -0.4 is 5.32 Å². The van der Waals surface area contributed by atoms with Crippen LogP contribution in [0.3, 0.4) is 0 Å². The number of nitrogens with zero attached hydrogens (tertiary/aromatic N) is 3. The summed E-state index contributed by atoms with van der Waals surface area (Å²) in [5.74, 6) is 0. The molecule has 0 atom stereocenters. The van der Waals surface area contributed by atoms with E-state index >= 15 is 0 Å². The summed E-state index contributed by atoms with van der Waals surface area (Å²) in [4.78, 5) is 6.85.